The Morgan fingerprint density at radius 1 is 1.30 bits per heavy atom. The van der Waals surface area contributed by atoms with Gasteiger partial charge in [-0.3, -0.25) is 19.7 Å². The second kappa shape index (κ2) is 5.52. The molecule has 1 amide bonds. The van der Waals surface area contributed by atoms with Gasteiger partial charge in [0.05, 0.1) is 10.8 Å². The van der Waals surface area contributed by atoms with E-state index in [1.165, 1.54) is 30.3 Å². The molecular formula is C13H12N2O5. The minimum atomic E-state index is -0.955. The van der Waals surface area contributed by atoms with E-state index in [2.05, 4.69) is 5.32 Å². The Morgan fingerprint density at radius 3 is 2.60 bits per heavy atom. The quantitative estimate of drug-likeness (QED) is 0.490. The highest BCUT2D eigenvalue weighted by Crippen LogP contribution is 2.21. The van der Waals surface area contributed by atoms with Gasteiger partial charge in [0.1, 0.15) is 5.56 Å². The average Bonchev–Trinajstić information content (AvgIpc) is 2.87. The smallest absolute Gasteiger partial charge is 0.310 e. The lowest BCUT2D eigenvalue weighted by Gasteiger charge is -2.12. The van der Waals surface area contributed by atoms with Gasteiger partial charge in [0.2, 0.25) is 0 Å². The zero-order valence-electron chi connectivity index (χ0n) is 10.4. The number of nitro benzene ring substituents is 1. The Balaban J connectivity index is 2.09. The fraction of sp³-hybridized carbons (Fsp3) is 0.231. The molecule has 2 atom stereocenters. The molecule has 0 heterocycles. The number of aliphatic carboxylic acids is 1. The van der Waals surface area contributed by atoms with Crippen LogP contribution in [0.2, 0.25) is 0 Å². The van der Waals surface area contributed by atoms with Crippen LogP contribution in [0.3, 0.4) is 0 Å². The first-order chi connectivity index (χ1) is 9.49. The van der Waals surface area contributed by atoms with Crippen LogP contribution in [0.15, 0.2) is 36.4 Å². The van der Waals surface area contributed by atoms with Crippen LogP contribution in [0.4, 0.5) is 5.69 Å². The lowest BCUT2D eigenvalue weighted by atomic mass is 10.1. The molecule has 0 bridgehead atoms. The maximum absolute atomic E-state index is 12.0. The number of hydrogen-bond acceptors (Lipinski definition) is 4. The molecule has 7 nitrogen and oxygen atoms in total. The third-order valence-electron chi connectivity index (χ3n) is 3.06. The number of benzene rings is 1. The third kappa shape index (κ3) is 2.82. The van der Waals surface area contributed by atoms with Gasteiger partial charge in [0.25, 0.3) is 11.6 Å². The molecular weight excluding hydrogens is 264 g/mol. The number of hydrogen-bond donors (Lipinski definition) is 2. The molecule has 0 aliphatic heterocycles. The van der Waals surface area contributed by atoms with Crippen LogP contribution in [0.25, 0.3) is 0 Å². The largest absolute Gasteiger partial charge is 0.481 e. The Kier molecular flexibility index (Phi) is 3.79. The van der Waals surface area contributed by atoms with Crippen molar-refractivity contribution in [3.8, 4) is 0 Å². The number of nitro groups is 1. The molecule has 7 heteroatoms. The summed E-state index contributed by atoms with van der Waals surface area (Å²) in [4.78, 5) is 33.0. The summed E-state index contributed by atoms with van der Waals surface area (Å²) in [6.07, 6.45) is 3.35. The molecule has 1 aliphatic rings. The molecule has 0 fully saturated rings. The van der Waals surface area contributed by atoms with Crippen molar-refractivity contribution in [3.63, 3.8) is 0 Å². The number of nitrogens with zero attached hydrogens (tertiary/aromatic N) is 1. The number of carbonyl (C=O) groups excluding carboxylic acids is 1. The number of para-hydroxylation sites is 1. The van der Waals surface area contributed by atoms with E-state index in [4.69, 9.17) is 5.11 Å². The fourth-order valence-corrected chi connectivity index (χ4v) is 2.06. The highest BCUT2D eigenvalue weighted by molar-refractivity contribution is 5.98. The lowest BCUT2D eigenvalue weighted by molar-refractivity contribution is -0.385. The number of rotatable bonds is 4. The summed E-state index contributed by atoms with van der Waals surface area (Å²) >= 11 is 0. The van der Waals surface area contributed by atoms with E-state index in [1.54, 1.807) is 6.08 Å². The number of amides is 1. The van der Waals surface area contributed by atoms with Crippen molar-refractivity contribution in [1.82, 2.24) is 5.32 Å². The van der Waals surface area contributed by atoms with E-state index in [0.29, 0.717) is 0 Å². The molecule has 0 spiro atoms. The normalized spacial score (nSPS) is 20.6. The van der Waals surface area contributed by atoms with Crippen molar-refractivity contribution < 1.29 is 19.6 Å². The van der Waals surface area contributed by atoms with E-state index in [-0.39, 0.29) is 17.7 Å². The summed E-state index contributed by atoms with van der Waals surface area (Å²) in [5, 5.41) is 22.3. The molecule has 1 aliphatic carbocycles. The molecule has 1 aromatic carbocycles. The van der Waals surface area contributed by atoms with Gasteiger partial charge in [0.15, 0.2) is 0 Å². The zero-order valence-corrected chi connectivity index (χ0v) is 10.4. The molecule has 0 saturated heterocycles. The number of carbonyl (C=O) groups is 2. The van der Waals surface area contributed by atoms with E-state index in [9.17, 15) is 19.7 Å². The third-order valence-corrected chi connectivity index (χ3v) is 3.06. The average molecular weight is 276 g/mol. The van der Waals surface area contributed by atoms with Crippen LogP contribution >= 0.6 is 0 Å². The van der Waals surface area contributed by atoms with Gasteiger partial charge in [-0.25, -0.2) is 0 Å². The molecule has 0 aromatic heterocycles. The first-order valence-corrected chi connectivity index (χ1v) is 5.94. The second-order valence-electron chi connectivity index (χ2n) is 4.42. The summed E-state index contributed by atoms with van der Waals surface area (Å²) in [7, 11) is 0. The molecule has 20 heavy (non-hydrogen) atoms. The maximum Gasteiger partial charge on any atom is 0.310 e. The molecule has 1 aromatic rings. The van der Waals surface area contributed by atoms with E-state index in [1.807, 2.05) is 0 Å². The summed E-state index contributed by atoms with van der Waals surface area (Å²) in [6, 6.07) is 5.20. The minimum Gasteiger partial charge on any atom is -0.481 e. The van der Waals surface area contributed by atoms with Crippen molar-refractivity contribution in [2.24, 2.45) is 5.92 Å². The van der Waals surface area contributed by atoms with Crippen molar-refractivity contribution >= 4 is 17.6 Å². The predicted octanol–water partition coefficient (Wildman–Crippen LogP) is 1.35. The zero-order chi connectivity index (χ0) is 14.7. The second-order valence-corrected chi connectivity index (χ2v) is 4.42. The van der Waals surface area contributed by atoms with Crippen LogP contribution in [-0.4, -0.2) is 27.9 Å². The maximum atomic E-state index is 12.0. The van der Waals surface area contributed by atoms with Gasteiger partial charge in [-0.05, 0) is 12.5 Å². The highest BCUT2D eigenvalue weighted by Gasteiger charge is 2.27. The standard InChI is InChI=1S/C13H12N2O5/c16-12(10-3-1-2-4-11(10)15(19)20)14-9-6-5-8(7-9)13(17)18/h1-6,8-9H,7H2,(H,14,16)(H,17,18). The SMILES string of the molecule is O=C(NC1C=CC(C(=O)O)C1)c1ccccc1[N+](=O)[O-]. The molecule has 2 rings (SSSR count). The Labute approximate surface area is 114 Å². The van der Waals surface area contributed by atoms with Crippen LogP contribution in [-0.2, 0) is 4.79 Å². The Morgan fingerprint density at radius 2 is 2.00 bits per heavy atom. The molecule has 2 unspecified atom stereocenters. The molecule has 0 radical (unpaired) electrons. The van der Waals surface area contributed by atoms with Gasteiger partial charge in [-0.1, -0.05) is 24.3 Å². The first kappa shape index (κ1) is 13.7. The number of nitrogens with one attached hydrogen (secondary N) is 1. The lowest BCUT2D eigenvalue weighted by Crippen LogP contribution is -2.33. The van der Waals surface area contributed by atoms with Gasteiger partial charge in [-0.15, -0.1) is 0 Å². The van der Waals surface area contributed by atoms with E-state index < -0.39 is 28.8 Å². The van der Waals surface area contributed by atoms with Gasteiger partial charge in [-0.2, -0.15) is 0 Å². The highest BCUT2D eigenvalue weighted by atomic mass is 16.6. The number of carboxylic acid groups (broad SMARTS) is 1. The summed E-state index contributed by atoms with van der Waals surface area (Å²) in [5.74, 6) is -2.17. The van der Waals surface area contributed by atoms with Gasteiger partial charge in [0, 0.05) is 12.1 Å². The van der Waals surface area contributed by atoms with Crippen LogP contribution < -0.4 is 5.32 Å². The van der Waals surface area contributed by atoms with Crippen molar-refractivity contribution in [2.45, 2.75) is 12.5 Å². The molecule has 104 valence electrons. The van der Waals surface area contributed by atoms with Crippen LogP contribution in [0.1, 0.15) is 16.8 Å². The van der Waals surface area contributed by atoms with Crippen LogP contribution in [0, 0.1) is 16.0 Å². The minimum absolute atomic E-state index is 0.0373. The van der Waals surface area contributed by atoms with E-state index >= 15 is 0 Å². The fourth-order valence-electron chi connectivity index (χ4n) is 2.06. The Hall–Kier alpha value is -2.70. The van der Waals surface area contributed by atoms with Crippen molar-refractivity contribution in [2.75, 3.05) is 0 Å². The Bertz CT molecular complexity index is 596. The van der Waals surface area contributed by atoms with Crippen molar-refractivity contribution in [3.05, 3.63) is 52.1 Å². The predicted molar refractivity (Wildman–Crippen MR) is 69.2 cm³/mol. The van der Waals surface area contributed by atoms with Gasteiger partial charge < -0.3 is 10.4 Å². The topological polar surface area (TPSA) is 110 Å². The molecule has 0 saturated carbocycles. The molecule has 2 N–H and O–H groups in total. The summed E-state index contributed by atoms with van der Waals surface area (Å²) in [5.41, 5.74) is -0.313. The number of carboxylic acids is 1. The summed E-state index contributed by atoms with van der Waals surface area (Å²) < 4.78 is 0. The van der Waals surface area contributed by atoms with Gasteiger partial charge >= 0.3 is 5.97 Å². The monoisotopic (exact) mass is 276 g/mol. The summed E-state index contributed by atoms with van der Waals surface area (Å²) in [6.45, 7) is 0. The van der Waals surface area contributed by atoms with E-state index in [0.717, 1.165) is 0 Å². The van der Waals surface area contributed by atoms with Crippen LogP contribution in [0.5, 0.6) is 0 Å². The first-order valence-electron chi connectivity index (χ1n) is 5.94. The van der Waals surface area contributed by atoms with Crippen molar-refractivity contribution in [1.29, 1.82) is 0 Å².